The van der Waals surface area contributed by atoms with Crippen LogP contribution in [0.1, 0.15) is 12.0 Å². The third-order valence-corrected chi connectivity index (χ3v) is 2.76. The molecule has 0 aliphatic rings. The Hall–Kier alpha value is -0.640. The van der Waals surface area contributed by atoms with E-state index in [0.717, 1.165) is 25.2 Å². The first kappa shape index (κ1) is 13.4. The Morgan fingerprint density at radius 2 is 2.00 bits per heavy atom. The van der Waals surface area contributed by atoms with Gasteiger partial charge in [-0.1, -0.05) is 17.7 Å². The molecule has 0 aliphatic carbocycles. The molecule has 3 nitrogen and oxygen atoms in total. The van der Waals surface area contributed by atoms with Crippen LogP contribution in [0.4, 0.5) is 0 Å². The van der Waals surface area contributed by atoms with Gasteiger partial charge in [0, 0.05) is 18.3 Å². The highest BCUT2D eigenvalue weighted by Gasteiger charge is 2.04. The maximum Gasteiger partial charge on any atom is 0.133 e. The lowest BCUT2D eigenvalue weighted by Crippen LogP contribution is -2.23. The van der Waals surface area contributed by atoms with Crippen molar-refractivity contribution in [3.05, 3.63) is 29.0 Å². The summed E-state index contributed by atoms with van der Waals surface area (Å²) >= 11 is 6.01. The molecule has 0 radical (unpaired) electrons. The van der Waals surface area contributed by atoms with Crippen LogP contribution < -0.4 is 0 Å². The van der Waals surface area contributed by atoms with E-state index in [2.05, 4.69) is 35.9 Å². The summed E-state index contributed by atoms with van der Waals surface area (Å²) in [5.74, 6) is 0. The average molecular weight is 242 g/mol. The van der Waals surface area contributed by atoms with Gasteiger partial charge in [0.05, 0.1) is 0 Å². The molecule has 1 aromatic heterocycles. The van der Waals surface area contributed by atoms with Gasteiger partial charge in [0.1, 0.15) is 5.15 Å². The molecule has 1 heterocycles. The Bertz CT molecular complexity index is 315. The topological polar surface area (TPSA) is 19.4 Å². The maximum absolute atomic E-state index is 6.01. The summed E-state index contributed by atoms with van der Waals surface area (Å²) in [6.07, 6.45) is 2.89. The molecule has 0 spiro atoms. The molecule has 4 heteroatoms. The zero-order valence-electron chi connectivity index (χ0n) is 10.3. The fraction of sp³-hybridized carbons (Fsp3) is 0.583. The summed E-state index contributed by atoms with van der Waals surface area (Å²) in [5.41, 5.74) is 1.09. The summed E-state index contributed by atoms with van der Waals surface area (Å²) in [4.78, 5) is 8.54. The highest BCUT2D eigenvalue weighted by Crippen LogP contribution is 2.13. The molecule has 0 fully saturated rings. The number of rotatable bonds is 6. The van der Waals surface area contributed by atoms with Gasteiger partial charge in [-0.2, -0.15) is 0 Å². The second kappa shape index (κ2) is 6.84. The number of aromatic nitrogens is 1. The van der Waals surface area contributed by atoms with Crippen molar-refractivity contribution in [1.82, 2.24) is 14.8 Å². The Kier molecular flexibility index (Phi) is 5.74. The molecule has 0 unspecified atom stereocenters. The minimum Gasteiger partial charge on any atom is -0.309 e. The Morgan fingerprint density at radius 1 is 1.25 bits per heavy atom. The van der Waals surface area contributed by atoms with Crippen LogP contribution >= 0.6 is 11.6 Å². The standard InChI is InChI=1S/C12H20ClN3/c1-15(2)8-5-9-16(3)10-11-6-4-7-14-12(11)13/h4,6-7H,5,8-10H2,1-3H3. The van der Waals surface area contributed by atoms with Crippen molar-refractivity contribution >= 4 is 11.6 Å². The fourth-order valence-electron chi connectivity index (χ4n) is 1.56. The lowest BCUT2D eigenvalue weighted by molar-refractivity contribution is 0.294. The van der Waals surface area contributed by atoms with Crippen LogP contribution in [0.2, 0.25) is 5.15 Å². The van der Waals surface area contributed by atoms with Crippen LogP contribution in [0.5, 0.6) is 0 Å². The maximum atomic E-state index is 6.01. The first-order chi connectivity index (χ1) is 7.59. The van der Waals surface area contributed by atoms with Gasteiger partial charge < -0.3 is 9.80 Å². The third-order valence-electron chi connectivity index (χ3n) is 2.42. The molecule has 0 saturated carbocycles. The van der Waals surface area contributed by atoms with Gasteiger partial charge in [-0.25, -0.2) is 4.98 Å². The van der Waals surface area contributed by atoms with Crippen LogP contribution in [0.25, 0.3) is 0 Å². The summed E-state index contributed by atoms with van der Waals surface area (Å²) in [7, 11) is 6.30. The van der Waals surface area contributed by atoms with Crippen LogP contribution in [0, 0.1) is 0 Å². The normalized spacial score (nSPS) is 11.4. The molecule has 0 amide bonds. The van der Waals surface area contributed by atoms with E-state index < -0.39 is 0 Å². The first-order valence-electron chi connectivity index (χ1n) is 5.52. The van der Waals surface area contributed by atoms with Gasteiger partial charge in [-0.3, -0.25) is 0 Å². The third kappa shape index (κ3) is 4.92. The van der Waals surface area contributed by atoms with Crippen molar-refractivity contribution in [2.75, 3.05) is 34.2 Å². The number of hydrogen-bond donors (Lipinski definition) is 0. The van der Waals surface area contributed by atoms with Crippen LogP contribution in [-0.4, -0.2) is 49.0 Å². The Labute approximate surface area is 103 Å². The molecular formula is C12H20ClN3. The van der Waals surface area contributed by atoms with E-state index in [1.165, 1.54) is 6.42 Å². The summed E-state index contributed by atoms with van der Waals surface area (Å²) < 4.78 is 0. The molecule has 16 heavy (non-hydrogen) atoms. The largest absolute Gasteiger partial charge is 0.309 e. The van der Waals surface area contributed by atoms with Gasteiger partial charge in [0.25, 0.3) is 0 Å². The minimum absolute atomic E-state index is 0.613. The molecule has 0 saturated heterocycles. The highest BCUT2D eigenvalue weighted by atomic mass is 35.5. The monoisotopic (exact) mass is 241 g/mol. The molecule has 0 aliphatic heterocycles. The zero-order chi connectivity index (χ0) is 12.0. The Morgan fingerprint density at radius 3 is 2.62 bits per heavy atom. The predicted molar refractivity (Wildman–Crippen MR) is 68.8 cm³/mol. The van der Waals surface area contributed by atoms with Crippen molar-refractivity contribution in [1.29, 1.82) is 0 Å². The number of hydrogen-bond acceptors (Lipinski definition) is 3. The van der Waals surface area contributed by atoms with Gasteiger partial charge in [-0.05, 0) is 46.7 Å². The fourth-order valence-corrected chi connectivity index (χ4v) is 1.74. The summed E-state index contributed by atoms with van der Waals surface area (Å²) in [5, 5.41) is 0.613. The molecule has 0 aromatic carbocycles. The second-order valence-electron chi connectivity index (χ2n) is 4.35. The highest BCUT2D eigenvalue weighted by molar-refractivity contribution is 6.30. The smallest absolute Gasteiger partial charge is 0.133 e. The lowest BCUT2D eigenvalue weighted by Gasteiger charge is -2.18. The number of nitrogens with zero attached hydrogens (tertiary/aromatic N) is 3. The van der Waals surface area contributed by atoms with E-state index >= 15 is 0 Å². The zero-order valence-corrected chi connectivity index (χ0v) is 11.0. The van der Waals surface area contributed by atoms with E-state index in [-0.39, 0.29) is 0 Å². The molecule has 0 atom stereocenters. The summed E-state index contributed by atoms with van der Waals surface area (Å²) in [6, 6.07) is 3.95. The molecule has 1 aromatic rings. The van der Waals surface area contributed by atoms with Gasteiger partial charge in [-0.15, -0.1) is 0 Å². The van der Waals surface area contributed by atoms with Crippen molar-refractivity contribution in [3.8, 4) is 0 Å². The Balaban J connectivity index is 2.34. The van der Waals surface area contributed by atoms with E-state index in [4.69, 9.17) is 11.6 Å². The van der Waals surface area contributed by atoms with Crippen molar-refractivity contribution < 1.29 is 0 Å². The first-order valence-corrected chi connectivity index (χ1v) is 5.90. The molecule has 1 rings (SSSR count). The molecule has 0 bridgehead atoms. The minimum atomic E-state index is 0.613. The van der Waals surface area contributed by atoms with Crippen LogP contribution in [0.3, 0.4) is 0 Å². The number of halogens is 1. The quantitative estimate of drug-likeness (QED) is 0.712. The van der Waals surface area contributed by atoms with Crippen LogP contribution in [0.15, 0.2) is 18.3 Å². The molecule has 0 N–H and O–H groups in total. The SMILES string of the molecule is CN(C)CCCN(C)Cc1cccnc1Cl. The van der Waals surface area contributed by atoms with Gasteiger partial charge >= 0.3 is 0 Å². The van der Waals surface area contributed by atoms with E-state index in [9.17, 15) is 0 Å². The molecule has 90 valence electrons. The van der Waals surface area contributed by atoms with Crippen molar-refractivity contribution in [3.63, 3.8) is 0 Å². The van der Waals surface area contributed by atoms with E-state index in [0.29, 0.717) is 5.15 Å². The van der Waals surface area contributed by atoms with Crippen molar-refractivity contribution in [2.45, 2.75) is 13.0 Å². The second-order valence-corrected chi connectivity index (χ2v) is 4.71. The predicted octanol–water partition coefficient (Wildman–Crippen LogP) is 2.12. The van der Waals surface area contributed by atoms with Gasteiger partial charge in [0.2, 0.25) is 0 Å². The molecular weight excluding hydrogens is 222 g/mol. The summed E-state index contributed by atoms with van der Waals surface area (Å²) in [6.45, 7) is 3.05. The lowest BCUT2D eigenvalue weighted by atomic mass is 10.2. The number of pyridine rings is 1. The van der Waals surface area contributed by atoms with E-state index in [1.54, 1.807) is 6.20 Å². The van der Waals surface area contributed by atoms with E-state index in [1.807, 2.05) is 12.1 Å². The van der Waals surface area contributed by atoms with Crippen molar-refractivity contribution in [2.24, 2.45) is 0 Å². The van der Waals surface area contributed by atoms with Gasteiger partial charge in [0.15, 0.2) is 0 Å². The van der Waals surface area contributed by atoms with Crippen LogP contribution in [-0.2, 0) is 6.54 Å². The average Bonchev–Trinajstić information content (AvgIpc) is 2.21.